The first-order chi connectivity index (χ1) is 29.8. The lowest BCUT2D eigenvalue weighted by atomic mass is 9.86. The van der Waals surface area contributed by atoms with Gasteiger partial charge in [-0.25, -0.2) is 26.6 Å². The molecule has 0 radical (unpaired) electrons. The van der Waals surface area contributed by atoms with Crippen molar-refractivity contribution in [1.29, 1.82) is 0 Å². The minimum atomic E-state index is -3.67. The highest BCUT2D eigenvalue weighted by molar-refractivity contribution is 7.92. The molecule has 1 aliphatic rings. The number of hydrogen-bond donors (Lipinski definition) is 5. The van der Waals surface area contributed by atoms with Gasteiger partial charge in [0.2, 0.25) is 31.9 Å². The number of amides is 3. The Hall–Kier alpha value is -6.28. The zero-order valence-corrected chi connectivity index (χ0v) is 39.6. The molecule has 344 valence electrons. The third-order valence-electron chi connectivity index (χ3n) is 10.6. The fourth-order valence-corrected chi connectivity index (χ4v) is 8.45. The van der Waals surface area contributed by atoms with E-state index in [2.05, 4.69) is 35.4 Å². The summed E-state index contributed by atoms with van der Waals surface area (Å²) in [4.78, 5) is 38.2. The Labute approximate surface area is 374 Å². The number of likely N-dealkylation sites (tertiary alicyclic amines) is 1. The van der Waals surface area contributed by atoms with Crippen LogP contribution >= 0.6 is 0 Å². The molecular weight excluding hydrogens is 863 g/mol. The van der Waals surface area contributed by atoms with Crippen molar-refractivity contribution in [3.63, 3.8) is 0 Å². The molecule has 2 aromatic heterocycles. The number of ether oxygens (including phenoxy) is 3. The molecule has 64 heavy (non-hydrogen) atoms. The summed E-state index contributed by atoms with van der Waals surface area (Å²) >= 11 is 0. The third kappa shape index (κ3) is 11.3. The number of carbonyl (C=O) groups excluding carboxylic acids is 2. The maximum atomic E-state index is 14.0. The SMILES string of the molecule is COc1c(NC(=O)c2cc3cccc(Oc4ccnc(NC5CCN(C(=O)Nc6cc(C(C)(C)C)cc(NS(C)(=O)=O)c6OC)CC5)n4)c3n2C)cc(C(C)(C)C)cc1NS(C)(=O)=O. The Bertz CT molecular complexity index is 2810. The van der Waals surface area contributed by atoms with E-state index in [1.165, 1.54) is 14.2 Å². The van der Waals surface area contributed by atoms with E-state index in [4.69, 9.17) is 14.2 Å². The molecule has 3 amide bonds. The van der Waals surface area contributed by atoms with Crippen molar-refractivity contribution in [1.82, 2.24) is 19.4 Å². The van der Waals surface area contributed by atoms with Crippen molar-refractivity contribution >= 4 is 71.6 Å². The van der Waals surface area contributed by atoms with Gasteiger partial charge in [0.15, 0.2) is 17.2 Å². The Morgan fingerprint density at radius 3 is 1.80 bits per heavy atom. The number of piperidine rings is 1. The van der Waals surface area contributed by atoms with E-state index in [1.807, 2.05) is 53.7 Å². The quantitative estimate of drug-likeness (QED) is 0.0776. The van der Waals surface area contributed by atoms with Crippen molar-refractivity contribution < 1.29 is 40.6 Å². The van der Waals surface area contributed by atoms with Crippen LogP contribution in [0.2, 0.25) is 0 Å². The lowest BCUT2D eigenvalue weighted by Gasteiger charge is -2.32. The highest BCUT2D eigenvalue weighted by atomic mass is 32.2. The number of rotatable bonds is 13. The fourth-order valence-electron chi connectivity index (χ4n) is 7.35. The number of para-hydroxylation sites is 1. The lowest BCUT2D eigenvalue weighted by Crippen LogP contribution is -2.44. The Morgan fingerprint density at radius 1 is 0.750 bits per heavy atom. The number of urea groups is 1. The number of nitrogens with one attached hydrogen (secondary N) is 5. The first-order valence-electron chi connectivity index (χ1n) is 20.5. The largest absolute Gasteiger partial charge is 0.492 e. The van der Waals surface area contributed by atoms with Gasteiger partial charge >= 0.3 is 6.03 Å². The second-order valence-electron chi connectivity index (χ2n) is 17.9. The van der Waals surface area contributed by atoms with Gasteiger partial charge in [-0.15, -0.1) is 0 Å². The number of methoxy groups -OCH3 is 2. The summed E-state index contributed by atoms with van der Waals surface area (Å²) in [5.41, 5.74) is 2.87. The van der Waals surface area contributed by atoms with Crippen LogP contribution < -0.4 is 39.6 Å². The van der Waals surface area contributed by atoms with Crippen LogP contribution in [0.15, 0.2) is 60.8 Å². The molecule has 0 bridgehead atoms. The first-order valence-corrected chi connectivity index (χ1v) is 24.3. The fraction of sp³-hybridized carbons (Fsp3) is 0.409. The van der Waals surface area contributed by atoms with Gasteiger partial charge in [0.25, 0.3) is 5.91 Å². The third-order valence-corrected chi connectivity index (χ3v) is 11.8. The number of fused-ring (bicyclic) bond motifs is 1. The van der Waals surface area contributed by atoms with Gasteiger partial charge in [0.05, 0.1) is 55.0 Å². The van der Waals surface area contributed by atoms with Crippen LogP contribution in [-0.4, -0.2) is 94.1 Å². The molecule has 1 saturated heterocycles. The molecular formula is C44H57N9O9S2. The van der Waals surface area contributed by atoms with E-state index in [1.54, 1.807) is 65.2 Å². The molecule has 3 aromatic carbocycles. The predicted octanol–water partition coefficient (Wildman–Crippen LogP) is 7.48. The number of hydrogen-bond acceptors (Lipinski definition) is 12. The van der Waals surface area contributed by atoms with Gasteiger partial charge < -0.3 is 39.6 Å². The monoisotopic (exact) mass is 919 g/mol. The van der Waals surface area contributed by atoms with Crippen molar-refractivity contribution in [3.05, 3.63) is 77.6 Å². The van der Waals surface area contributed by atoms with Crippen LogP contribution in [0.3, 0.4) is 0 Å². The van der Waals surface area contributed by atoms with E-state index < -0.39 is 26.0 Å². The molecule has 1 aliphatic heterocycles. The van der Waals surface area contributed by atoms with Crippen LogP contribution in [0.5, 0.6) is 23.1 Å². The smallest absolute Gasteiger partial charge is 0.321 e. The topological polar surface area (TPSA) is 224 Å². The van der Waals surface area contributed by atoms with Crippen LogP contribution in [0.4, 0.5) is 33.5 Å². The lowest BCUT2D eigenvalue weighted by molar-refractivity contribution is 0.101. The summed E-state index contributed by atoms with van der Waals surface area (Å²) < 4.78 is 73.0. The molecule has 0 aliphatic carbocycles. The van der Waals surface area contributed by atoms with Gasteiger partial charge in [-0.3, -0.25) is 14.2 Å². The van der Waals surface area contributed by atoms with Crippen molar-refractivity contribution in [2.45, 2.75) is 71.3 Å². The van der Waals surface area contributed by atoms with Crippen LogP contribution in [0, 0.1) is 0 Å². The van der Waals surface area contributed by atoms with Gasteiger partial charge in [0.1, 0.15) is 5.69 Å². The average molecular weight is 920 g/mol. The van der Waals surface area contributed by atoms with Crippen molar-refractivity contribution in [2.24, 2.45) is 7.05 Å². The Balaban J connectivity index is 1.14. The van der Waals surface area contributed by atoms with Gasteiger partial charge in [-0.2, -0.15) is 4.98 Å². The number of sulfonamides is 2. The highest BCUT2D eigenvalue weighted by Crippen LogP contribution is 2.41. The molecule has 3 heterocycles. The Kier molecular flexibility index (Phi) is 13.3. The van der Waals surface area contributed by atoms with Gasteiger partial charge in [0, 0.05) is 43.8 Å². The molecule has 18 nitrogen and oxygen atoms in total. The number of benzene rings is 3. The number of carbonyl (C=O) groups is 2. The zero-order valence-electron chi connectivity index (χ0n) is 38.0. The normalized spacial score (nSPS) is 13.9. The molecule has 0 saturated carbocycles. The van der Waals surface area contributed by atoms with E-state index in [0.29, 0.717) is 60.2 Å². The summed E-state index contributed by atoms with van der Waals surface area (Å²) in [6.45, 7) is 12.8. The zero-order chi connectivity index (χ0) is 46.9. The number of anilines is 5. The van der Waals surface area contributed by atoms with E-state index in [9.17, 15) is 26.4 Å². The summed E-state index contributed by atoms with van der Waals surface area (Å²) in [6, 6.07) is 15.4. The molecule has 0 spiro atoms. The minimum Gasteiger partial charge on any atom is -0.492 e. The second kappa shape index (κ2) is 18.1. The van der Waals surface area contributed by atoms with Crippen LogP contribution in [0.1, 0.15) is 76.0 Å². The summed E-state index contributed by atoms with van der Waals surface area (Å²) in [7, 11) is -2.73. The van der Waals surface area contributed by atoms with Crippen LogP contribution in [0.25, 0.3) is 10.9 Å². The molecule has 0 atom stereocenters. The molecule has 20 heteroatoms. The molecule has 5 aromatic rings. The molecule has 5 N–H and O–H groups in total. The summed E-state index contributed by atoms with van der Waals surface area (Å²) in [6.07, 6.45) is 4.87. The van der Waals surface area contributed by atoms with Gasteiger partial charge in [-0.05, 0) is 71.2 Å². The summed E-state index contributed by atoms with van der Waals surface area (Å²) in [5, 5.41) is 9.97. The van der Waals surface area contributed by atoms with E-state index >= 15 is 0 Å². The standard InChI is InChI=1S/C44H57N9O9S2/c1-43(2,3)27-22-30(38(60-8)32(24-27)50-63(10,56)57)47-40(54)34-21-26-13-12-14-35(37(26)52(34)7)62-36-15-18-45-41(49-36)46-29-16-19-53(20-17-29)42(55)48-31-23-28(44(4,5)6)25-33(39(31)61-9)51-64(11,58)59/h12-15,18,21-25,29,50-51H,16-17,19-20H2,1-11H3,(H,47,54)(H,48,55)(H,45,46,49). The first kappa shape index (κ1) is 47.2. The maximum Gasteiger partial charge on any atom is 0.321 e. The molecule has 1 fully saturated rings. The van der Waals surface area contributed by atoms with Crippen molar-refractivity contribution in [2.75, 3.05) is 65.2 Å². The molecule has 6 rings (SSSR count). The summed E-state index contributed by atoms with van der Waals surface area (Å²) in [5.74, 6) is 0.960. The highest BCUT2D eigenvalue weighted by Gasteiger charge is 2.28. The van der Waals surface area contributed by atoms with Gasteiger partial charge in [-0.1, -0.05) is 53.7 Å². The van der Waals surface area contributed by atoms with Crippen LogP contribution in [-0.2, 0) is 37.9 Å². The van der Waals surface area contributed by atoms with E-state index in [0.717, 1.165) is 29.0 Å². The number of aromatic nitrogens is 3. The maximum absolute atomic E-state index is 14.0. The second-order valence-corrected chi connectivity index (χ2v) is 21.3. The Morgan fingerprint density at radius 2 is 1.28 bits per heavy atom. The average Bonchev–Trinajstić information content (AvgIpc) is 3.53. The number of aryl methyl sites for hydroxylation is 1. The minimum absolute atomic E-state index is 0.0538. The number of nitrogens with zero attached hydrogens (tertiary/aromatic N) is 4. The van der Waals surface area contributed by atoms with Crippen molar-refractivity contribution in [3.8, 4) is 23.1 Å². The predicted molar refractivity (Wildman–Crippen MR) is 251 cm³/mol. The molecule has 0 unspecified atom stereocenters. The van der Waals surface area contributed by atoms with E-state index in [-0.39, 0.29) is 51.7 Å².